The molecule has 0 aliphatic rings. The van der Waals surface area contributed by atoms with Gasteiger partial charge in [0.25, 0.3) is 0 Å². The summed E-state index contributed by atoms with van der Waals surface area (Å²) in [6.07, 6.45) is 1.81. The fourth-order valence-electron chi connectivity index (χ4n) is 2.25. The smallest absolute Gasteiger partial charge is 0.337 e. The zero-order valence-corrected chi connectivity index (χ0v) is 11.9. The molecule has 0 amide bonds. The summed E-state index contributed by atoms with van der Waals surface area (Å²) in [6.45, 7) is 0. The topological polar surface area (TPSA) is 31.2 Å². The predicted molar refractivity (Wildman–Crippen MR) is 79.6 cm³/mol. The van der Waals surface area contributed by atoms with Crippen LogP contribution < -0.4 is 0 Å². The summed E-state index contributed by atoms with van der Waals surface area (Å²) in [7, 11) is 1.34. The minimum Gasteiger partial charge on any atom is -0.465 e. The Balaban J connectivity index is 2.12. The lowest BCUT2D eigenvalue weighted by Gasteiger charge is -2.07. The Hall–Kier alpha value is -2.33. The van der Waals surface area contributed by atoms with E-state index < -0.39 is 5.82 Å². The molecule has 0 aliphatic carbocycles. The molecule has 3 aromatic rings. The lowest BCUT2D eigenvalue weighted by molar-refractivity contribution is 0.0601. The van der Waals surface area contributed by atoms with Gasteiger partial charge in [-0.05, 0) is 42.5 Å². The van der Waals surface area contributed by atoms with E-state index in [0.717, 1.165) is 10.9 Å². The minimum absolute atomic E-state index is 0.0863. The Labute approximate surface area is 125 Å². The fourth-order valence-corrected chi connectivity index (χ4v) is 2.36. The van der Waals surface area contributed by atoms with Crippen LogP contribution in [0.2, 0.25) is 5.02 Å². The van der Waals surface area contributed by atoms with Crippen molar-refractivity contribution >= 4 is 28.5 Å². The molecule has 1 heterocycles. The normalized spacial score (nSPS) is 10.8. The quantitative estimate of drug-likeness (QED) is 0.664. The standard InChI is InChI=1S/C16H11ClFNO2/c1-21-16(20)11-2-5-15-10(8-11)6-7-19(15)12-3-4-13(17)14(18)9-12/h2-9H,1H3. The molecule has 0 fully saturated rings. The van der Waals surface area contributed by atoms with Gasteiger partial charge in [0, 0.05) is 17.3 Å². The Morgan fingerprint density at radius 3 is 2.71 bits per heavy atom. The number of benzene rings is 2. The van der Waals surface area contributed by atoms with Crippen molar-refractivity contribution in [3.63, 3.8) is 0 Å². The SMILES string of the molecule is COC(=O)c1ccc2c(ccn2-c2ccc(Cl)c(F)c2)c1. The average molecular weight is 304 g/mol. The highest BCUT2D eigenvalue weighted by molar-refractivity contribution is 6.30. The number of hydrogen-bond donors (Lipinski definition) is 0. The molecule has 0 saturated heterocycles. The largest absolute Gasteiger partial charge is 0.465 e. The summed E-state index contributed by atoms with van der Waals surface area (Å²) in [6, 6.07) is 11.7. The van der Waals surface area contributed by atoms with E-state index in [4.69, 9.17) is 16.3 Å². The highest BCUT2D eigenvalue weighted by Gasteiger charge is 2.10. The number of fused-ring (bicyclic) bond motifs is 1. The molecule has 0 aliphatic heterocycles. The molecule has 0 saturated carbocycles. The molecule has 0 radical (unpaired) electrons. The van der Waals surface area contributed by atoms with Crippen molar-refractivity contribution in [2.75, 3.05) is 7.11 Å². The first kappa shape index (κ1) is 13.6. The highest BCUT2D eigenvalue weighted by Crippen LogP contribution is 2.24. The summed E-state index contributed by atoms with van der Waals surface area (Å²) in [5.41, 5.74) is 2.01. The Morgan fingerprint density at radius 2 is 2.00 bits per heavy atom. The molecule has 3 rings (SSSR count). The number of nitrogens with zero attached hydrogens (tertiary/aromatic N) is 1. The van der Waals surface area contributed by atoms with Crippen molar-refractivity contribution in [2.24, 2.45) is 0 Å². The van der Waals surface area contributed by atoms with Gasteiger partial charge in [0.15, 0.2) is 0 Å². The lowest BCUT2D eigenvalue weighted by Crippen LogP contribution is -2.00. The molecule has 0 bridgehead atoms. The van der Waals surface area contributed by atoms with Crippen LogP contribution in [0.5, 0.6) is 0 Å². The first-order valence-corrected chi connectivity index (χ1v) is 6.63. The Bertz CT molecular complexity index is 841. The van der Waals surface area contributed by atoms with E-state index >= 15 is 0 Å². The van der Waals surface area contributed by atoms with Crippen LogP contribution in [0.25, 0.3) is 16.6 Å². The molecular weight excluding hydrogens is 293 g/mol. The zero-order chi connectivity index (χ0) is 15.0. The van der Waals surface area contributed by atoms with Crippen LogP contribution in [0.3, 0.4) is 0 Å². The third-order valence-corrected chi connectivity index (χ3v) is 3.60. The fraction of sp³-hybridized carbons (Fsp3) is 0.0625. The van der Waals surface area contributed by atoms with Gasteiger partial charge in [0.1, 0.15) is 5.82 Å². The average Bonchev–Trinajstić information content (AvgIpc) is 2.92. The van der Waals surface area contributed by atoms with Gasteiger partial charge in [-0.2, -0.15) is 0 Å². The van der Waals surface area contributed by atoms with Crippen molar-refractivity contribution in [2.45, 2.75) is 0 Å². The van der Waals surface area contributed by atoms with Crippen LogP contribution in [-0.4, -0.2) is 17.6 Å². The van der Waals surface area contributed by atoms with Crippen molar-refractivity contribution in [3.05, 3.63) is 65.1 Å². The summed E-state index contributed by atoms with van der Waals surface area (Å²) >= 11 is 5.70. The lowest BCUT2D eigenvalue weighted by atomic mass is 10.1. The van der Waals surface area contributed by atoms with Crippen LogP contribution in [0, 0.1) is 5.82 Å². The van der Waals surface area contributed by atoms with E-state index in [2.05, 4.69) is 0 Å². The van der Waals surface area contributed by atoms with E-state index in [0.29, 0.717) is 11.3 Å². The predicted octanol–water partition coefficient (Wildman–Crippen LogP) is 4.21. The molecular formula is C16H11ClFNO2. The van der Waals surface area contributed by atoms with Gasteiger partial charge in [-0.15, -0.1) is 0 Å². The highest BCUT2D eigenvalue weighted by atomic mass is 35.5. The van der Waals surface area contributed by atoms with E-state index in [1.165, 1.54) is 19.2 Å². The third kappa shape index (κ3) is 2.38. The van der Waals surface area contributed by atoms with Gasteiger partial charge in [0.2, 0.25) is 0 Å². The second-order valence-corrected chi connectivity index (χ2v) is 4.96. The van der Waals surface area contributed by atoms with Gasteiger partial charge in [-0.3, -0.25) is 0 Å². The van der Waals surface area contributed by atoms with Crippen molar-refractivity contribution in [3.8, 4) is 5.69 Å². The third-order valence-electron chi connectivity index (χ3n) is 3.29. The molecule has 1 aromatic heterocycles. The second-order valence-electron chi connectivity index (χ2n) is 4.55. The second kappa shape index (κ2) is 5.22. The number of carbonyl (C=O) groups excluding carboxylic acids is 1. The first-order chi connectivity index (χ1) is 10.1. The van der Waals surface area contributed by atoms with Crippen molar-refractivity contribution in [1.29, 1.82) is 0 Å². The number of rotatable bonds is 2. The summed E-state index contributed by atoms with van der Waals surface area (Å²) < 4.78 is 20.1. The molecule has 3 nitrogen and oxygen atoms in total. The van der Waals surface area contributed by atoms with Crippen molar-refractivity contribution in [1.82, 2.24) is 4.57 Å². The summed E-state index contributed by atoms with van der Waals surface area (Å²) in [4.78, 5) is 11.5. The van der Waals surface area contributed by atoms with Gasteiger partial charge >= 0.3 is 5.97 Å². The monoisotopic (exact) mass is 303 g/mol. The molecule has 21 heavy (non-hydrogen) atoms. The van der Waals surface area contributed by atoms with E-state index in [9.17, 15) is 9.18 Å². The van der Waals surface area contributed by atoms with E-state index in [-0.39, 0.29) is 11.0 Å². The summed E-state index contributed by atoms with van der Waals surface area (Å²) in [5, 5.41) is 0.955. The molecule has 0 unspecified atom stereocenters. The van der Waals surface area contributed by atoms with Gasteiger partial charge in [-0.1, -0.05) is 11.6 Å². The number of hydrogen-bond acceptors (Lipinski definition) is 2. The Kier molecular flexibility index (Phi) is 3.39. The maximum absolute atomic E-state index is 13.6. The molecule has 5 heteroatoms. The van der Waals surface area contributed by atoms with Crippen LogP contribution in [0.4, 0.5) is 4.39 Å². The number of ether oxygens (including phenoxy) is 1. The first-order valence-electron chi connectivity index (χ1n) is 6.25. The molecule has 0 N–H and O–H groups in total. The maximum atomic E-state index is 13.6. The zero-order valence-electron chi connectivity index (χ0n) is 11.1. The molecule has 106 valence electrons. The van der Waals surface area contributed by atoms with Crippen LogP contribution in [0.15, 0.2) is 48.7 Å². The molecule has 0 spiro atoms. The molecule has 2 aromatic carbocycles. The number of halogens is 2. The summed E-state index contributed by atoms with van der Waals surface area (Å²) in [5.74, 6) is -0.857. The van der Waals surface area contributed by atoms with E-state index in [1.54, 1.807) is 24.3 Å². The number of carbonyl (C=O) groups is 1. The van der Waals surface area contributed by atoms with Gasteiger partial charge < -0.3 is 9.30 Å². The van der Waals surface area contributed by atoms with Gasteiger partial charge in [-0.25, -0.2) is 9.18 Å². The van der Waals surface area contributed by atoms with E-state index in [1.807, 2.05) is 16.8 Å². The Morgan fingerprint density at radius 1 is 1.19 bits per heavy atom. The maximum Gasteiger partial charge on any atom is 0.337 e. The van der Waals surface area contributed by atoms with Crippen LogP contribution in [-0.2, 0) is 4.74 Å². The minimum atomic E-state index is -0.470. The van der Waals surface area contributed by atoms with Gasteiger partial charge in [0.05, 0.1) is 23.2 Å². The number of methoxy groups -OCH3 is 1. The van der Waals surface area contributed by atoms with Crippen LogP contribution in [0.1, 0.15) is 10.4 Å². The number of aromatic nitrogens is 1. The number of esters is 1. The van der Waals surface area contributed by atoms with Crippen LogP contribution >= 0.6 is 11.6 Å². The molecule has 0 atom stereocenters. The van der Waals surface area contributed by atoms with Crippen molar-refractivity contribution < 1.29 is 13.9 Å².